The Labute approximate surface area is 329 Å². The normalized spacial score (nSPS) is 12.8. The summed E-state index contributed by atoms with van der Waals surface area (Å²) < 4.78 is 101. The summed E-state index contributed by atoms with van der Waals surface area (Å²) in [4.78, 5) is 35.8. The van der Waals surface area contributed by atoms with Gasteiger partial charge in [0, 0.05) is 49.8 Å². The van der Waals surface area contributed by atoms with Crippen molar-refractivity contribution in [1.82, 2.24) is 24.3 Å². The first kappa shape index (κ1) is 40.9. The van der Waals surface area contributed by atoms with Gasteiger partial charge in [-0.1, -0.05) is 23.7 Å². The molecule has 6 aromatic rings. The standard InChI is InChI=1S/C37H34ClF4N7O7S/c1-37(41,42)13-15-55-29-11-8-25-32(44-29)45-33(28(56-36(43)51)18-21-16-22(39)19-23(40)17-21)49(35(25)50)27-10-9-26(38)30-31(27)47(2)46-34(30)48(57(52)53)14-12-20-4-6-24(54-3)7-5-20/h4-11,16-17,19,28H,12-15,18H2,1-3H3,(H2,43,51)(H,52,53)/p-1. The zero-order valence-electron chi connectivity index (χ0n) is 30.4. The van der Waals surface area contributed by atoms with Crippen LogP contribution in [0.1, 0.15) is 36.4 Å². The number of ether oxygens (including phenoxy) is 3. The number of carbonyl (C=O) groups is 1. The lowest BCUT2D eigenvalue weighted by Gasteiger charge is -2.25. The second-order valence-electron chi connectivity index (χ2n) is 12.9. The monoisotopic (exact) mass is 830 g/mol. The van der Waals surface area contributed by atoms with Crippen LogP contribution in [-0.4, -0.2) is 65.4 Å². The Morgan fingerprint density at radius 3 is 2.39 bits per heavy atom. The van der Waals surface area contributed by atoms with Crippen LogP contribution in [0.5, 0.6) is 11.6 Å². The Morgan fingerprint density at radius 1 is 1.05 bits per heavy atom. The van der Waals surface area contributed by atoms with Crippen LogP contribution in [0, 0.1) is 11.6 Å². The van der Waals surface area contributed by atoms with E-state index in [-0.39, 0.29) is 68.7 Å². The Morgan fingerprint density at radius 2 is 1.75 bits per heavy atom. The SMILES string of the molecule is COc1ccc(CCN(c2nn(C)c3c(-n4c(C(Cc5cc(F)cc(F)c5)OC(N)=O)nc5nc(OCCC(C)(F)F)ccc5c4=O)ccc(Cl)c23)S(=O)[O-])cc1. The number of methoxy groups -OCH3 is 1. The molecule has 6 rings (SSSR count). The van der Waals surface area contributed by atoms with E-state index in [0.717, 1.165) is 33.5 Å². The first-order chi connectivity index (χ1) is 27.0. The third kappa shape index (κ3) is 9.27. The number of pyridine rings is 1. The predicted octanol–water partition coefficient (Wildman–Crippen LogP) is 6.25. The number of benzene rings is 3. The van der Waals surface area contributed by atoms with Crippen molar-refractivity contribution in [1.29, 1.82) is 0 Å². The first-order valence-corrected chi connectivity index (χ1v) is 18.4. The van der Waals surface area contributed by atoms with Crippen LogP contribution in [0.25, 0.3) is 27.6 Å². The van der Waals surface area contributed by atoms with Crippen molar-refractivity contribution in [2.75, 3.05) is 24.6 Å². The summed E-state index contributed by atoms with van der Waals surface area (Å²) in [5.41, 5.74) is 5.31. The number of hydrogen-bond acceptors (Lipinski definition) is 10. The predicted molar refractivity (Wildman–Crippen MR) is 202 cm³/mol. The molecular weight excluding hydrogens is 798 g/mol. The highest BCUT2D eigenvalue weighted by atomic mass is 35.5. The Hall–Kier alpha value is -5.79. The maximum atomic E-state index is 14.6. The molecule has 2 unspecified atom stereocenters. The third-order valence-corrected chi connectivity index (χ3v) is 9.76. The van der Waals surface area contributed by atoms with Crippen molar-refractivity contribution in [2.24, 2.45) is 12.8 Å². The summed E-state index contributed by atoms with van der Waals surface area (Å²) in [6, 6.07) is 15.0. The zero-order chi connectivity index (χ0) is 41.2. The highest BCUT2D eigenvalue weighted by Gasteiger charge is 2.29. The Kier molecular flexibility index (Phi) is 12.0. The number of carbonyl (C=O) groups excluding carboxylic acids is 1. The minimum atomic E-state index is -3.03. The van der Waals surface area contributed by atoms with Gasteiger partial charge in [0.05, 0.1) is 40.7 Å². The molecule has 0 aliphatic heterocycles. The quantitative estimate of drug-likeness (QED) is 0.0918. The minimum absolute atomic E-state index is 0.0142. The van der Waals surface area contributed by atoms with E-state index in [1.54, 1.807) is 24.3 Å². The molecule has 0 saturated heterocycles. The van der Waals surface area contributed by atoms with Crippen LogP contribution >= 0.6 is 11.6 Å². The fourth-order valence-corrected chi connectivity index (χ4v) is 6.91. The number of primary amides is 1. The lowest BCUT2D eigenvalue weighted by molar-refractivity contribution is 0.000445. The molecule has 300 valence electrons. The molecule has 2 N–H and O–H groups in total. The van der Waals surface area contributed by atoms with E-state index in [9.17, 15) is 35.9 Å². The fourth-order valence-electron chi connectivity index (χ4n) is 6.17. The molecule has 0 fully saturated rings. The molecule has 0 aliphatic carbocycles. The third-order valence-electron chi connectivity index (χ3n) is 8.73. The average Bonchev–Trinajstić information content (AvgIpc) is 3.48. The van der Waals surface area contributed by atoms with Crippen molar-refractivity contribution < 1.29 is 45.3 Å². The molecule has 0 saturated carbocycles. The summed E-state index contributed by atoms with van der Waals surface area (Å²) in [7, 11) is 3.01. The van der Waals surface area contributed by atoms with E-state index in [1.165, 1.54) is 43.1 Å². The number of fused-ring (bicyclic) bond motifs is 2. The number of nitrogens with zero attached hydrogens (tertiary/aromatic N) is 6. The zero-order valence-corrected chi connectivity index (χ0v) is 32.0. The second kappa shape index (κ2) is 16.7. The van der Waals surface area contributed by atoms with Crippen LogP contribution in [0.4, 0.5) is 28.2 Å². The van der Waals surface area contributed by atoms with Crippen LogP contribution in [0.2, 0.25) is 5.02 Å². The average molecular weight is 831 g/mol. The summed E-state index contributed by atoms with van der Waals surface area (Å²) in [6.45, 7) is 0.229. The van der Waals surface area contributed by atoms with Crippen LogP contribution in [0.3, 0.4) is 0 Å². The number of anilines is 1. The number of nitrogens with two attached hydrogens (primary N) is 1. The Bertz CT molecular complexity index is 2530. The largest absolute Gasteiger partial charge is 0.755 e. The summed E-state index contributed by atoms with van der Waals surface area (Å²) in [5.74, 6) is -4.89. The molecular formula is C37H33ClF4N7O7S-. The smallest absolute Gasteiger partial charge is 0.405 e. The van der Waals surface area contributed by atoms with Gasteiger partial charge in [0.2, 0.25) is 11.8 Å². The molecule has 0 aliphatic rings. The molecule has 2 atom stereocenters. The van der Waals surface area contributed by atoms with Gasteiger partial charge in [0.1, 0.15) is 17.4 Å². The first-order valence-electron chi connectivity index (χ1n) is 17.0. The van der Waals surface area contributed by atoms with Gasteiger partial charge in [0.25, 0.3) is 5.56 Å². The van der Waals surface area contributed by atoms with Gasteiger partial charge in [0.15, 0.2) is 23.4 Å². The topological polar surface area (TPSA) is 180 Å². The van der Waals surface area contributed by atoms with Crippen molar-refractivity contribution in [3.05, 3.63) is 111 Å². The Balaban J connectivity index is 1.55. The molecule has 57 heavy (non-hydrogen) atoms. The molecule has 0 spiro atoms. The van der Waals surface area contributed by atoms with Crippen molar-refractivity contribution >= 4 is 56.7 Å². The molecule has 0 bridgehead atoms. The number of amides is 1. The van der Waals surface area contributed by atoms with E-state index in [4.69, 9.17) is 31.5 Å². The highest BCUT2D eigenvalue weighted by Crippen LogP contribution is 2.37. The summed E-state index contributed by atoms with van der Waals surface area (Å²) >= 11 is 3.87. The fraction of sp³-hybridized carbons (Fsp3) is 0.270. The van der Waals surface area contributed by atoms with Gasteiger partial charge in [-0.25, -0.2) is 27.3 Å². The van der Waals surface area contributed by atoms with E-state index in [0.29, 0.717) is 11.8 Å². The van der Waals surface area contributed by atoms with E-state index in [2.05, 4.69) is 15.1 Å². The number of alkyl halides is 2. The molecule has 1 amide bonds. The lowest BCUT2D eigenvalue weighted by atomic mass is 10.1. The maximum Gasteiger partial charge on any atom is 0.405 e. The van der Waals surface area contributed by atoms with Gasteiger partial charge in [-0.05, 0) is 66.9 Å². The molecule has 3 heterocycles. The number of hydrogen-bond donors (Lipinski definition) is 1. The molecule has 3 aromatic heterocycles. The van der Waals surface area contributed by atoms with Crippen LogP contribution < -0.4 is 25.1 Å². The van der Waals surface area contributed by atoms with Crippen molar-refractivity contribution in [3.8, 4) is 17.3 Å². The highest BCUT2D eigenvalue weighted by molar-refractivity contribution is 7.80. The van der Waals surface area contributed by atoms with E-state index < -0.39 is 66.0 Å². The summed E-state index contributed by atoms with van der Waals surface area (Å²) in [6.07, 6.45) is -3.78. The van der Waals surface area contributed by atoms with Gasteiger partial charge >= 0.3 is 6.09 Å². The van der Waals surface area contributed by atoms with Crippen molar-refractivity contribution in [2.45, 2.75) is 38.2 Å². The molecule has 20 heteroatoms. The molecule has 0 radical (unpaired) electrons. The van der Waals surface area contributed by atoms with E-state index >= 15 is 0 Å². The lowest BCUT2D eigenvalue weighted by Crippen LogP contribution is -2.30. The number of aryl methyl sites for hydroxylation is 1. The molecule has 14 nitrogen and oxygen atoms in total. The van der Waals surface area contributed by atoms with Crippen LogP contribution in [-0.2, 0) is 35.9 Å². The minimum Gasteiger partial charge on any atom is -0.755 e. The van der Waals surface area contributed by atoms with Crippen molar-refractivity contribution in [3.63, 3.8) is 0 Å². The molecule has 3 aromatic carbocycles. The van der Waals surface area contributed by atoms with Gasteiger partial charge in [-0.3, -0.25) is 22.6 Å². The number of halogens is 5. The second-order valence-corrected chi connectivity index (χ2v) is 14.1. The summed E-state index contributed by atoms with van der Waals surface area (Å²) in [5, 5.41) is 4.55. The number of rotatable bonds is 15. The maximum absolute atomic E-state index is 14.6. The van der Waals surface area contributed by atoms with Crippen LogP contribution in [0.15, 0.2) is 71.5 Å². The van der Waals surface area contributed by atoms with Gasteiger partial charge in [-0.2, -0.15) is 10.1 Å². The number of aromatic nitrogens is 5. The van der Waals surface area contributed by atoms with Gasteiger partial charge < -0.3 is 24.5 Å². The van der Waals surface area contributed by atoms with Gasteiger partial charge in [-0.15, -0.1) is 0 Å². The van der Waals surface area contributed by atoms with E-state index in [1.807, 2.05) is 0 Å².